The standard InChI is InChI=1S/C16H17ClN2O2/c17-16-10-12(3-6-19-16)11-1-2-15(14(18)9-11)21-13-4-7-20-8-5-13/h1-3,6,9-10,13H,4-5,7-8,18H2. The van der Waals surface area contributed by atoms with Crippen LogP contribution >= 0.6 is 11.6 Å². The van der Waals surface area contributed by atoms with Gasteiger partial charge >= 0.3 is 0 Å². The van der Waals surface area contributed by atoms with E-state index in [0.29, 0.717) is 10.8 Å². The number of pyridine rings is 1. The fraction of sp³-hybridized carbons (Fsp3) is 0.312. The normalized spacial score (nSPS) is 15.9. The fourth-order valence-electron chi connectivity index (χ4n) is 2.39. The summed E-state index contributed by atoms with van der Waals surface area (Å²) >= 11 is 5.92. The average Bonchev–Trinajstić information content (AvgIpc) is 2.50. The summed E-state index contributed by atoms with van der Waals surface area (Å²) in [6, 6.07) is 9.51. The summed E-state index contributed by atoms with van der Waals surface area (Å²) in [6.07, 6.45) is 3.67. The molecule has 2 heterocycles. The largest absolute Gasteiger partial charge is 0.488 e. The van der Waals surface area contributed by atoms with Crippen LogP contribution in [-0.2, 0) is 4.74 Å². The summed E-state index contributed by atoms with van der Waals surface area (Å²) in [4.78, 5) is 3.98. The predicted molar refractivity (Wildman–Crippen MR) is 83.6 cm³/mol. The van der Waals surface area contributed by atoms with E-state index in [-0.39, 0.29) is 6.10 Å². The van der Waals surface area contributed by atoms with E-state index < -0.39 is 0 Å². The van der Waals surface area contributed by atoms with Gasteiger partial charge in [0.1, 0.15) is 17.0 Å². The van der Waals surface area contributed by atoms with E-state index in [0.717, 1.165) is 42.9 Å². The molecule has 1 fully saturated rings. The third-order valence-electron chi connectivity index (χ3n) is 3.53. The molecule has 0 saturated carbocycles. The van der Waals surface area contributed by atoms with Crippen molar-refractivity contribution in [2.45, 2.75) is 18.9 Å². The minimum Gasteiger partial charge on any atom is -0.488 e. The van der Waals surface area contributed by atoms with E-state index in [1.165, 1.54) is 0 Å². The van der Waals surface area contributed by atoms with Gasteiger partial charge in [-0.1, -0.05) is 17.7 Å². The van der Waals surface area contributed by atoms with Crippen LogP contribution in [0.15, 0.2) is 36.5 Å². The van der Waals surface area contributed by atoms with Gasteiger partial charge in [0.05, 0.1) is 18.9 Å². The second kappa shape index (κ2) is 6.33. The zero-order valence-electron chi connectivity index (χ0n) is 11.6. The van der Waals surface area contributed by atoms with Gasteiger partial charge in [-0.25, -0.2) is 4.98 Å². The van der Waals surface area contributed by atoms with E-state index in [1.807, 2.05) is 30.3 Å². The quantitative estimate of drug-likeness (QED) is 0.696. The van der Waals surface area contributed by atoms with Crippen molar-refractivity contribution in [2.75, 3.05) is 18.9 Å². The minimum atomic E-state index is 0.183. The molecule has 0 bridgehead atoms. The first kappa shape index (κ1) is 14.2. The molecule has 1 aromatic carbocycles. The molecule has 21 heavy (non-hydrogen) atoms. The highest BCUT2D eigenvalue weighted by molar-refractivity contribution is 6.29. The number of halogens is 1. The molecule has 2 aromatic rings. The van der Waals surface area contributed by atoms with Crippen LogP contribution in [0.3, 0.4) is 0 Å². The van der Waals surface area contributed by atoms with Crippen LogP contribution in [0.2, 0.25) is 5.15 Å². The monoisotopic (exact) mass is 304 g/mol. The Kier molecular flexibility index (Phi) is 4.27. The average molecular weight is 305 g/mol. The topological polar surface area (TPSA) is 57.4 Å². The Morgan fingerprint density at radius 3 is 2.62 bits per heavy atom. The Balaban J connectivity index is 1.79. The van der Waals surface area contributed by atoms with E-state index in [2.05, 4.69) is 4.98 Å². The maximum Gasteiger partial charge on any atom is 0.142 e. The van der Waals surface area contributed by atoms with Crippen LogP contribution < -0.4 is 10.5 Å². The van der Waals surface area contributed by atoms with Crippen LogP contribution in [0.1, 0.15) is 12.8 Å². The first-order chi connectivity index (χ1) is 10.2. The number of nitrogens with two attached hydrogens (primary N) is 1. The molecule has 1 saturated heterocycles. The molecule has 0 radical (unpaired) electrons. The number of nitrogen functional groups attached to an aromatic ring is 1. The smallest absolute Gasteiger partial charge is 0.142 e. The summed E-state index contributed by atoms with van der Waals surface area (Å²) in [6.45, 7) is 1.50. The lowest BCUT2D eigenvalue weighted by molar-refractivity contribution is 0.0259. The summed E-state index contributed by atoms with van der Waals surface area (Å²) in [5.74, 6) is 0.728. The molecular weight excluding hydrogens is 288 g/mol. The van der Waals surface area contributed by atoms with Gasteiger partial charge in [0, 0.05) is 19.0 Å². The Morgan fingerprint density at radius 2 is 1.90 bits per heavy atom. The SMILES string of the molecule is Nc1cc(-c2ccnc(Cl)c2)ccc1OC1CCOCC1. The molecule has 3 rings (SSSR count). The molecule has 1 aromatic heterocycles. The van der Waals surface area contributed by atoms with Crippen LogP contribution in [0, 0.1) is 0 Å². The van der Waals surface area contributed by atoms with Crippen LogP contribution in [-0.4, -0.2) is 24.3 Å². The number of hydrogen-bond donors (Lipinski definition) is 1. The highest BCUT2D eigenvalue weighted by Crippen LogP contribution is 2.30. The van der Waals surface area contributed by atoms with E-state index in [4.69, 9.17) is 26.8 Å². The van der Waals surface area contributed by atoms with Crippen molar-refractivity contribution in [3.63, 3.8) is 0 Å². The third kappa shape index (κ3) is 3.46. The number of rotatable bonds is 3. The zero-order chi connectivity index (χ0) is 14.7. The molecule has 0 spiro atoms. The van der Waals surface area contributed by atoms with Gasteiger partial charge in [0.25, 0.3) is 0 Å². The highest BCUT2D eigenvalue weighted by atomic mass is 35.5. The van der Waals surface area contributed by atoms with Gasteiger partial charge in [0.15, 0.2) is 0 Å². The van der Waals surface area contributed by atoms with Crippen molar-refractivity contribution in [2.24, 2.45) is 0 Å². The lowest BCUT2D eigenvalue weighted by Crippen LogP contribution is -2.26. The number of benzene rings is 1. The molecule has 1 aliphatic heterocycles. The van der Waals surface area contributed by atoms with Crippen molar-refractivity contribution in [1.29, 1.82) is 0 Å². The molecule has 4 nitrogen and oxygen atoms in total. The Hall–Kier alpha value is -1.78. The lowest BCUT2D eigenvalue weighted by atomic mass is 10.1. The van der Waals surface area contributed by atoms with Crippen LogP contribution in [0.25, 0.3) is 11.1 Å². The van der Waals surface area contributed by atoms with Gasteiger partial charge in [0.2, 0.25) is 0 Å². The molecule has 0 unspecified atom stereocenters. The highest BCUT2D eigenvalue weighted by Gasteiger charge is 2.16. The molecular formula is C16H17ClN2O2. The van der Waals surface area contributed by atoms with Gasteiger partial charge in [-0.2, -0.15) is 0 Å². The number of anilines is 1. The Morgan fingerprint density at radius 1 is 1.14 bits per heavy atom. The van der Waals surface area contributed by atoms with Crippen molar-refractivity contribution in [1.82, 2.24) is 4.98 Å². The molecule has 0 atom stereocenters. The molecule has 0 amide bonds. The van der Waals surface area contributed by atoms with Gasteiger partial charge < -0.3 is 15.2 Å². The molecule has 5 heteroatoms. The fourth-order valence-corrected chi connectivity index (χ4v) is 2.56. The van der Waals surface area contributed by atoms with Crippen LogP contribution in [0.4, 0.5) is 5.69 Å². The second-order valence-electron chi connectivity index (χ2n) is 5.05. The second-order valence-corrected chi connectivity index (χ2v) is 5.44. The number of nitrogens with zero attached hydrogens (tertiary/aromatic N) is 1. The first-order valence-electron chi connectivity index (χ1n) is 6.98. The van der Waals surface area contributed by atoms with Crippen molar-refractivity contribution < 1.29 is 9.47 Å². The summed E-state index contributed by atoms with van der Waals surface area (Å²) in [5, 5.41) is 0.466. The lowest BCUT2D eigenvalue weighted by Gasteiger charge is -2.24. The van der Waals surface area contributed by atoms with E-state index in [9.17, 15) is 0 Å². The predicted octanol–water partition coefficient (Wildman–Crippen LogP) is 3.54. The Labute approximate surface area is 128 Å². The maximum absolute atomic E-state index is 6.11. The minimum absolute atomic E-state index is 0.183. The number of ether oxygens (including phenoxy) is 2. The van der Waals surface area contributed by atoms with Gasteiger partial charge in [-0.05, 0) is 35.4 Å². The third-order valence-corrected chi connectivity index (χ3v) is 3.74. The van der Waals surface area contributed by atoms with Crippen LogP contribution in [0.5, 0.6) is 5.75 Å². The van der Waals surface area contributed by atoms with Gasteiger partial charge in [-0.3, -0.25) is 0 Å². The summed E-state index contributed by atoms with van der Waals surface area (Å²) < 4.78 is 11.3. The maximum atomic E-state index is 6.11. The molecule has 110 valence electrons. The van der Waals surface area contributed by atoms with E-state index >= 15 is 0 Å². The molecule has 0 aliphatic carbocycles. The molecule has 1 aliphatic rings. The summed E-state index contributed by atoms with van der Waals surface area (Å²) in [5.41, 5.74) is 8.72. The zero-order valence-corrected chi connectivity index (χ0v) is 12.3. The molecule has 2 N–H and O–H groups in total. The Bertz CT molecular complexity index is 627. The van der Waals surface area contributed by atoms with Gasteiger partial charge in [-0.15, -0.1) is 0 Å². The van der Waals surface area contributed by atoms with Crippen molar-refractivity contribution in [3.05, 3.63) is 41.7 Å². The van der Waals surface area contributed by atoms with E-state index in [1.54, 1.807) is 6.20 Å². The van der Waals surface area contributed by atoms with Crippen molar-refractivity contribution in [3.8, 4) is 16.9 Å². The summed E-state index contributed by atoms with van der Waals surface area (Å²) in [7, 11) is 0. The van der Waals surface area contributed by atoms with Crippen molar-refractivity contribution >= 4 is 17.3 Å². The number of aromatic nitrogens is 1. The first-order valence-corrected chi connectivity index (χ1v) is 7.36. The number of hydrogen-bond acceptors (Lipinski definition) is 4.